The van der Waals surface area contributed by atoms with Gasteiger partial charge < -0.3 is 0 Å². The second kappa shape index (κ2) is 5.30. The molecule has 0 aromatic carbocycles. The molecule has 0 aliphatic heterocycles. The minimum atomic E-state index is 0.181. The molecule has 0 amide bonds. The van der Waals surface area contributed by atoms with Crippen LogP contribution in [0.4, 0.5) is 0 Å². The van der Waals surface area contributed by atoms with Gasteiger partial charge in [0.05, 0.1) is 0 Å². The Morgan fingerprint density at radius 1 is 1.36 bits per heavy atom. The number of carbonyl (C=O) groups is 1. The number of rotatable bonds is 5. The predicted molar refractivity (Wildman–Crippen MR) is 61.9 cm³/mol. The van der Waals surface area contributed by atoms with Crippen LogP contribution in [0.5, 0.6) is 0 Å². The van der Waals surface area contributed by atoms with E-state index in [2.05, 4.69) is 19.1 Å². The second-order valence-electron chi connectivity index (χ2n) is 3.84. The van der Waals surface area contributed by atoms with Gasteiger partial charge in [0, 0.05) is 22.1 Å². The van der Waals surface area contributed by atoms with Gasteiger partial charge in [0.1, 0.15) is 5.78 Å². The van der Waals surface area contributed by atoms with E-state index in [1.54, 1.807) is 0 Å². The summed E-state index contributed by atoms with van der Waals surface area (Å²) in [5.74, 6) is 0.553. The van der Waals surface area contributed by atoms with Gasteiger partial charge in [0.15, 0.2) is 0 Å². The molecule has 0 unspecified atom stereocenters. The Bertz CT molecular complexity index is 299. The molecule has 0 spiro atoms. The van der Waals surface area contributed by atoms with Crippen molar-refractivity contribution in [3.05, 3.63) is 21.9 Å². The Labute approximate surface area is 90.2 Å². The van der Waals surface area contributed by atoms with Crippen LogP contribution in [-0.4, -0.2) is 5.78 Å². The van der Waals surface area contributed by atoms with Crippen molar-refractivity contribution >= 4 is 17.1 Å². The van der Waals surface area contributed by atoms with Gasteiger partial charge in [-0.25, -0.2) is 0 Å². The highest BCUT2D eigenvalue weighted by atomic mass is 32.1. The molecule has 0 saturated heterocycles. The van der Waals surface area contributed by atoms with Gasteiger partial charge in [-0.05, 0) is 25.0 Å². The van der Waals surface area contributed by atoms with Gasteiger partial charge in [-0.15, -0.1) is 11.3 Å². The van der Waals surface area contributed by atoms with Crippen LogP contribution in [0.3, 0.4) is 0 Å². The third-order valence-electron chi connectivity index (χ3n) is 2.33. The summed E-state index contributed by atoms with van der Waals surface area (Å²) in [4.78, 5) is 14.2. The molecule has 2 heteroatoms. The number of Topliss-reactive ketones (excluding diaryl/α,β-unsaturated/α-hetero) is 1. The fraction of sp³-hybridized carbons (Fsp3) is 0.583. The van der Waals surface area contributed by atoms with Crippen molar-refractivity contribution in [1.82, 2.24) is 0 Å². The lowest BCUT2D eigenvalue weighted by Gasteiger charge is -2.01. The first kappa shape index (κ1) is 11.4. The minimum Gasteiger partial charge on any atom is -0.299 e. The van der Waals surface area contributed by atoms with Crippen molar-refractivity contribution in [1.29, 1.82) is 0 Å². The van der Waals surface area contributed by atoms with Crippen LogP contribution in [0.25, 0.3) is 0 Å². The third-order valence-corrected chi connectivity index (χ3v) is 3.62. The standard InChI is InChI=1S/C12H18OS/c1-4-10-5-6-11(14-10)7-8-12(13)9(2)3/h5-6,9H,4,7-8H2,1-3H3. The molecule has 0 bridgehead atoms. The van der Waals surface area contributed by atoms with E-state index >= 15 is 0 Å². The molecule has 0 fully saturated rings. The Balaban J connectivity index is 2.41. The summed E-state index contributed by atoms with van der Waals surface area (Å²) >= 11 is 1.83. The van der Waals surface area contributed by atoms with Crippen LogP contribution < -0.4 is 0 Å². The maximum atomic E-state index is 11.4. The first-order valence-corrected chi connectivity index (χ1v) is 6.05. The van der Waals surface area contributed by atoms with Gasteiger partial charge >= 0.3 is 0 Å². The molecule has 78 valence electrons. The highest BCUT2D eigenvalue weighted by molar-refractivity contribution is 7.11. The molecular formula is C12H18OS. The van der Waals surface area contributed by atoms with Gasteiger partial charge in [0.25, 0.3) is 0 Å². The van der Waals surface area contributed by atoms with E-state index in [1.165, 1.54) is 9.75 Å². The lowest BCUT2D eigenvalue weighted by Crippen LogP contribution is -2.07. The maximum Gasteiger partial charge on any atom is 0.135 e. The molecule has 1 heterocycles. The zero-order valence-corrected chi connectivity index (χ0v) is 9.99. The van der Waals surface area contributed by atoms with Gasteiger partial charge in [-0.3, -0.25) is 4.79 Å². The molecule has 1 aromatic rings. The summed E-state index contributed by atoms with van der Waals surface area (Å²) in [5.41, 5.74) is 0. The fourth-order valence-corrected chi connectivity index (χ4v) is 2.24. The van der Waals surface area contributed by atoms with Crippen molar-refractivity contribution in [3.63, 3.8) is 0 Å². The van der Waals surface area contributed by atoms with Gasteiger partial charge in [-0.1, -0.05) is 20.8 Å². The Morgan fingerprint density at radius 3 is 2.50 bits per heavy atom. The second-order valence-corrected chi connectivity index (χ2v) is 5.10. The van der Waals surface area contributed by atoms with Crippen molar-refractivity contribution in [2.24, 2.45) is 5.92 Å². The Kier molecular flexibility index (Phi) is 4.33. The smallest absolute Gasteiger partial charge is 0.135 e. The molecule has 0 aliphatic rings. The highest BCUT2D eigenvalue weighted by Crippen LogP contribution is 2.19. The number of thiophene rings is 1. The fourth-order valence-electron chi connectivity index (χ4n) is 1.28. The highest BCUT2D eigenvalue weighted by Gasteiger charge is 2.07. The molecule has 0 N–H and O–H groups in total. The Morgan fingerprint density at radius 2 is 2.00 bits per heavy atom. The van der Waals surface area contributed by atoms with E-state index < -0.39 is 0 Å². The normalized spacial score (nSPS) is 10.9. The summed E-state index contributed by atoms with van der Waals surface area (Å²) in [5, 5.41) is 0. The van der Waals surface area contributed by atoms with E-state index in [9.17, 15) is 4.79 Å². The van der Waals surface area contributed by atoms with Crippen LogP contribution in [0, 0.1) is 5.92 Å². The first-order chi connectivity index (χ1) is 6.63. The summed E-state index contributed by atoms with van der Waals surface area (Å²) in [6.45, 7) is 6.09. The molecule has 0 saturated carbocycles. The van der Waals surface area contributed by atoms with Crippen LogP contribution in [0.2, 0.25) is 0 Å². The lowest BCUT2D eigenvalue weighted by molar-refractivity contribution is -0.121. The number of carbonyl (C=O) groups excluding carboxylic acids is 1. The minimum absolute atomic E-state index is 0.181. The zero-order valence-electron chi connectivity index (χ0n) is 9.17. The van der Waals surface area contributed by atoms with Gasteiger partial charge in [0.2, 0.25) is 0 Å². The first-order valence-electron chi connectivity index (χ1n) is 5.23. The molecule has 0 atom stereocenters. The number of ketones is 1. The van der Waals surface area contributed by atoms with Crippen molar-refractivity contribution in [2.75, 3.05) is 0 Å². The van der Waals surface area contributed by atoms with E-state index in [0.717, 1.165) is 12.8 Å². The Hall–Kier alpha value is -0.630. The lowest BCUT2D eigenvalue weighted by atomic mass is 10.0. The molecule has 1 nitrogen and oxygen atoms in total. The largest absolute Gasteiger partial charge is 0.299 e. The summed E-state index contributed by atoms with van der Waals surface area (Å²) < 4.78 is 0. The molecule has 0 radical (unpaired) electrons. The van der Waals surface area contributed by atoms with E-state index in [1.807, 2.05) is 25.2 Å². The predicted octanol–water partition coefficient (Wildman–Crippen LogP) is 3.47. The average Bonchev–Trinajstić information content (AvgIpc) is 2.61. The summed E-state index contributed by atoms with van der Waals surface area (Å²) in [6.07, 6.45) is 2.71. The summed E-state index contributed by atoms with van der Waals surface area (Å²) in [7, 11) is 0. The molecule has 1 rings (SSSR count). The van der Waals surface area contributed by atoms with E-state index in [4.69, 9.17) is 0 Å². The van der Waals surface area contributed by atoms with Crippen molar-refractivity contribution < 1.29 is 4.79 Å². The maximum absolute atomic E-state index is 11.4. The van der Waals surface area contributed by atoms with Crippen LogP contribution in [0.1, 0.15) is 36.9 Å². The molecular weight excluding hydrogens is 192 g/mol. The van der Waals surface area contributed by atoms with Crippen molar-refractivity contribution in [2.45, 2.75) is 40.0 Å². The van der Waals surface area contributed by atoms with E-state index in [-0.39, 0.29) is 5.92 Å². The van der Waals surface area contributed by atoms with Crippen LogP contribution >= 0.6 is 11.3 Å². The number of hydrogen-bond acceptors (Lipinski definition) is 2. The average molecular weight is 210 g/mol. The zero-order chi connectivity index (χ0) is 10.6. The van der Waals surface area contributed by atoms with Crippen LogP contribution in [0.15, 0.2) is 12.1 Å². The van der Waals surface area contributed by atoms with E-state index in [0.29, 0.717) is 12.2 Å². The van der Waals surface area contributed by atoms with Crippen LogP contribution in [-0.2, 0) is 17.6 Å². The molecule has 0 aliphatic carbocycles. The SMILES string of the molecule is CCc1ccc(CCC(=O)C(C)C)s1. The topological polar surface area (TPSA) is 17.1 Å². The van der Waals surface area contributed by atoms with Gasteiger partial charge in [-0.2, -0.15) is 0 Å². The number of aryl methyl sites for hydroxylation is 2. The van der Waals surface area contributed by atoms with Crippen molar-refractivity contribution in [3.8, 4) is 0 Å². The molecule has 1 aromatic heterocycles. The quantitative estimate of drug-likeness (QED) is 0.727. The summed E-state index contributed by atoms with van der Waals surface area (Å²) in [6, 6.07) is 4.32. The monoisotopic (exact) mass is 210 g/mol. The number of hydrogen-bond donors (Lipinski definition) is 0. The third kappa shape index (κ3) is 3.26. The molecule has 14 heavy (non-hydrogen) atoms.